The maximum atomic E-state index is 5.61. The Morgan fingerprint density at radius 3 is 2.50 bits per heavy atom. The number of hydrogen-bond acceptors (Lipinski definition) is 2. The molecule has 4 radical (unpaired) electrons. The summed E-state index contributed by atoms with van der Waals surface area (Å²) < 4.78 is 10.7. The topological polar surface area (TPSA) is 18.5 Å². The third-order valence-corrected chi connectivity index (χ3v) is 5.16. The Bertz CT molecular complexity index is 83.8. The van der Waals surface area contributed by atoms with E-state index < -0.39 is 22.0 Å². The average Bonchev–Trinajstić information content (AvgIpc) is 2.03. The molecule has 1 aliphatic rings. The summed E-state index contributed by atoms with van der Waals surface area (Å²) in [5.74, 6) is 0. The van der Waals surface area contributed by atoms with Gasteiger partial charge < -0.3 is 0 Å². The van der Waals surface area contributed by atoms with Crippen LogP contribution in [0.3, 0.4) is 0 Å². The third kappa shape index (κ3) is 3.78. The summed E-state index contributed by atoms with van der Waals surface area (Å²) in [6.45, 7) is 0. The molecular formula is C6H12O2Sn2. The van der Waals surface area contributed by atoms with Gasteiger partial charge in [-0.2, -0.15) is 0 Å². The van der Waals surface area contributed by atoms with Crippen molar-refractivity contribution in [2.75, 3.05) is 0 Å². The molecule has 0 N–H and O–H groups in total. The van der Waals surface area contributed by atoms with Crippen LogP contribution in [0.4, 0.5) is 0 Å². The molecule has 0 spiro atoms. The molecule has 0 bridgehead atoms. The standard InChI is InChI=1S/C6H11O.O.2Sn.H/c7-6-4-2-1-3-5-6;;;;/h6H,1-5H2;;;;/q-1;;;+1;. The molecule has 1 rings (SSSR count). The zero-order valence-corrected chi connectivity index (χ0v) is 12.2. The zero-order chi connectivity index (χ0) is 7.23. The summed E-state index contributed by atoms with van der Waals surface area (Å²) >= 11 is 0.117. The first kappa shape index (κ1) is 9.60. The minimum atomic E-state index is -0.809. The van der Waals surface area contributed by atoms with Gasteiger partial charge in [-0.05, 0) is 0 Å². The van der Waals surface area contributed by atoms with Gasteiger partial charge in [0.15, 0.2) is 0 Å². The molecular weight excluding hydrogens is 341 g/mol. The van der Waals surface area contributed by atoms with Crippen LogP contribution in [0.1, 0.15) is 32.1 Å². The molecule has 0 aromatic rings. The van der Waals surface area contributed by atoms with Crippen molar-refractivity contribution in [1.82, 2.24) is 0 Å². The van der Waals surface area contributed by atoms with Crippen LogP contribution < -0.4 is 0 Å². The summed E-state index contributed by atoms with van der Waals surface area (Å²) in [7, 11) is 0. The number of rotatable bonds is 3. The Kier molecular flexibility index (Phi) is 5.84. The second-order valence-electron chi connectivity index (χ2n) is 2.58. The van der Waals surface area contributed by atoms with Crippen molar-refractivity contribution in [1.29, 1.82) is 0 Å². The van der Waals surface area contributed by atoms with Crippen LogP contribution in [0.25, 0.3) is 0 Å². The molecule has 0 aliphatic heterocycles. The summed E-state index contributed by atoms with van der Waals surface area (Å²) in [6.07, 6.45) is 7.28. The van der Waals surface area contributed by atoms with Gasteiger partial charge in [0, 0.05) is 0 Å². The van der Waals surface area contributed by atoms with Crippen LogP contribution in [0, 0.1) is 0 Å². The summed E-state index contributed by atoms with van der Waals surface area (Å²) in [5.41, 5.74) is 0. The van der Waals surface area contributed by atoms with Crippen molar-refractivity contribution < 1.29 is 4.49 Å². The van der Waals surface area contributed by atoms with Gasteiger partial charge in [-0.3, -0.25) is 0 Å². The summed E-state index contributed by atoms with van der Waals surface area (Å²) in [5, 5.41) is 0. The van der Waals surface area contributed by atoms with E-state index in [4.69, 9.17) is 4.49 Å². The second kappa shape index (κ2) is 6.08. The quantitative estimate of drug-likeness (QED) is 0.696. The van der Waals surface area contributed by atoms with E-state index in [2.05, 4.69) is 0 Å². The molecule has 10 heavy (non-hydrogen) atoms. The van der Waals surface area contributed by atoms with Gasteiger partial charge in [0.2, 0.25) is 0 Å². The van der Waals surface area contributed by atoms with E-state index in [0.29, 0.717) is 6.10 Å². The van der Waals surface area contributed by atoms with Gasteiger partial charge in [-0.15, -0.1) is 0 Å². The molecule has 0 aromatic heterocycles. The van der Waals surface area contributed by atoms with Crippen LogP contribution in [-0.2, 0) is 4.49 Å². The van der Waals surface area contributed by atoms with Crippen molar-refractivity contribution in [2.24, 2.45) is 0 Å². The van der Waals surface area contributed by atoms with Gasteiger partial charge in [0.25, 0.3) is 0 Å². The van der Waals surface area contributed by atoms with E-state index >= 15 is 0 Å². The van der Waals surface area contributed by atoms with Crippen molar-refractivity contribution in [2.45, 2.75) is 38.2 Å². The second-order valence-corrected chi connectivity index (χ2v) is 8.91. The fourth-order valence-corrected chi connectivity index (χ4v) is 3.56. The minimum absolute atomic E-state index is 0.577. The van der Waals surface area contributed by atoms with Gasteiger partial charge >= 0.3 is 87.6 Å². The molecule has 0 atom stereocenters. The van der Waals surface area contributed by atoms with E-state index in [1.807, 2.05) is 0 Å². The van der Waals surface area contributed by atoms with Crippen molar-refractivity contribution in [3.05, 3.63) is 0 Å². The third-order valence-electron chi connectivity index (χ3n) is 1.82. The first-order valence-corrected chi connectivity index (χ1v) is 7.37. The molecule has 4 heteroatoms. The van der Waals surface area contributed by atoms with Crippen LogP contribution in [-0.4, -0.2) is 51.0 Å². The molecule has 1 fully saturated rings. The van der Waals surface area contributed by atoms with Crippen molar-refractivity contribution >= 4 is 44.9 Å². The Labute approximate surface area is 87.0 Å². The van der Waals surface area contributed by atoms with Crippen LogP contribution in [0.5, 0.6) is 0 Å². The monoisotopic (exact) mass is 356 g/mol. The zero-order valence-electron chi connectivity index (χ0n) is 6.01. The van der Waals surface area contributed by atoms with Gasteiger partial charge in [0.05, 0.1) is 0 Å². The van der Waals surface area contributed by atoms with Crippen LogP contribution in [0.15, 0.2) is 0 Å². The van der Waals surface area contributed by atoms with Gasteiger partial charge in [0.1, 0.15) is 0 Å². The van der Waals surface area contributed by atoms with Crippen LogP contribution >= 0.6 is 0 Å². The summed E-state index contributed by atoms with van der Waals surface area (Å²) in [6, 6.07) is 0. The van der Waals surface area contributed by atoms with E-state index in [1.165, 1.54) is 32.1 Å². The van der Waals surface area contributed by atoms with Gasteiger partial charge in [-0.25, -0.2) is 0 Å². The predicted molar refractivity (Wildman–Crippen MR) is 41.9 cm³/mol. The predicted octanol–water partition coefficient (Wildman–Crippen LogP) is 0.702. The molecule has 1 saturated carbocycles. The molecule has 0 saturated heterocycles. The fourth-order valence-electron chi connectivity index (χ4n) is 1.28. The Morgan fingerprint density at radius 1 is 1.20 bits per heavy atom. The Morgan fingerprint density at radius 2 is 1.90 bits per heavy atom. The van der Waals surface area contributed by atoms with E-state index in [1.54, 1.807) is 0 Å². The molecule has 0 amide bonds. The molecule has 1 aliphatic carbocycles. The van der Waals surface area contributed by atoms with E-state index in [-0.39, 0.29) is 0 Å². The van der Waals surface area contributed by atoms with Crippen molar-refractivity contribution in [3.63, 3.8) is 0 Å². The first-order valence-electron chi connectivity index (χ1n) is 3.70. The summed E-state index contributed by atoms with van der Waals surface area (Å²) in [4.78, 5) is 0. The van der Waals surface area contributed by atoms with E-state index in [9.17, 15) is 0 Å². The van der Waals surface area contributed by atoms with Crippen molar-refractivity contribution in [3.8, 4) is 0 Å². The Balaban J connectivity index is 2.02. The normalized spacial score (nSPS) is 21.3. The average molecular weight is 354 g/mol. The Hall–Kier alpha value is 1.52. The molecule has 0 aromatic carbocycles. The first-order chi connectivity index (χ1) is 4.93. The molecule has 0 unspecified atom stereocenters. The van der Waals surface area contributed by atoms with E-state index in [0.717, 1.165) is 22.9 Å². The van der Waals surface area contributed by atoms with Crippen LogP contribution in [0.2, 0.25) is 0 Å². The molecule has 2 nitrogen and oxygen atoms in total. The molecule has 0 heterocycles. The maximum absolute atomic E-state index is 5.61. The fraction of sp³-hybridized carbons (Fsp3) is 1.00. The van der Waals surface area contributed by atoms with Gasteiger partial charge in [-0.1, -0.05) is 0 Å². The molecule has 56 valence electrons. The number of hydrogen-bond donors (Lipinski definition) is 0. The SMILES string of the molecule is [SnH][O][Sn][O]C1CCCCC1.